The highest BCUT2D eigenvalue weighted by molar-refractivity contribution is 9.12. The van der Waals surface area contributed by atoms with Crippen molar-refractivity contribution in [1.29, 1.82) is 0 Å². The van der Waals surface area contributed by atoms with Crippen molar-refractivity contribution in [2.75, 3.05) is 34.3 Å². The van der Waals surface area contributed by atoms with Gasteiger partial charge in [-0.25, -0.2) is 0 Å². The molecule has 0 bridgehead atoms. The van der Waals surface area contributed by atoms with Crippen molar-refractivity contribution in [3.63, 3.8) is 0 Å². The number of carbonyl (C=O) groups excluding carboxylic acids is 5. The maximum absolute atomic E-state index is 13.2. The third-order valence-electron chi connectivity index (χ3n) is 6.67. The molecule has 0 atom stereocenters. The molecule has 4 aromatic rings. The number of nitrogens with one attached hydrogen (secondary N) is 6. The van der Waals surface area contributed by atoms with E-state index in [0.29, 0.717) is 11.4 Å². The molecule has 49 heavy (non-hydrogen) atoms. The summed E-state index contributed by atoms with van der Waals surface area (Å²) in [6.07, 6.45) is 6.01. The highest BCUT2D eigenvalue weighted by Crippen LogP contribution is 2.21. The normalized spacial score (nSPS) is 12.2. The Morgan fingerprint density at radius 3 is 1.35 bits per heavy atom. The number of nitrogens with zero attached hydrogens (tertiary/aromatic N) is 4. The van der Waals surface area contributed by atoms with E-state index in [9.17, 15) is 24.0 Å². The zero-order chi connectivity index (χ0) is 38.9. The van der Waals surface area contributed by atoms with E-state index in [1.165, 1.54) is 62.0 Å². The third kappa shape index (κ3) is 9.42. The van der Waals surface area contributed by atoms with E-state index in [1.807, 2.05) is 10.3 Å². The lowest BCUT2D eigenvalue weighted by molar-refractivity contribution is -0.456. The largest absolute Gasteiger partial charge is 1.00 e. The van der Waals surface area contributed by atoms with Crippen LogP contribution < -0.4 is 55.5 Å². The van der Waals surface area contributed by atoms with Crippen molar-refractivity contribution in [2.45, 2.75) is 0 Å². The van der Waals surface area contributed by atoms with Crippen LogP contribution in [0, 0.1) is 0 Å². The molecule has 260 valence electrons. The quantitative estimate of drug-likeness (QED) is 0.0417. The molecule has 0 aromatic carbocycles. The molecule has 0 saturated heterocycles. The van der Waals surface area contributed by atoms with Gasteiger partial charge in [-0.15, -0.1) is 0 Å². The molecule has 0 aliphatic carbocycles. The Morgan fingerprint density at radius 2 is 1.02 bits per heavy atom. The second-order valence-electron chi connectivity index (χ2n) is 10.4. The van der Waals surface area contributed by atoms with Crippen molar-refractivity contribution in [3.8, 4) is 0 Å². The molecule has 0 spiro atoms. The molecule has 4 rings (SSSR count). The maximum Gasteiger partial charge on any atom is 0.338 e. The molecule has 0 aliphatic rings. The van der Waals surface area contributed by atoms with Gasteiger partial charge in [-0.1, -0.05) is 6.58 Å². The topological polar surface area (TPSA) is 231 Å². The van der Waals surface area contributed by atoms with E-state index in [-0.39, 0.29) is 51.0 Å². The van der Waals surface area contributed by atoms with Gasteiger partial charge in [-0.2, -0.15) is 0 Å². The standard InChI is InChI=1S/C30H35BrN12O5.ClH/c1-16(31)25(44)36-17-9-22(41(3)12-17)27(46)38-19-11-24(43(5)14-19)29(48)39-20-10-23(42(4)15-20)28(47)37-18-8-21(40(2)13-18)26(45)34-6-7-35-30(32)33;/h8-15H,1,6-7H2,2-5H3,(H,34,45)(H,36,44)(H,37,47)(H,38,46)(H,39,48)(H4,32,33,35);1H/i6D2,7D2;. The lowest BCUT2D eigenvalue weighted by Gasteiger charge is -2.03. The summed E-state index contributed by atoms with van der Waals surface area (Å²) in [6.45, 7) is -2.30. The van der Waals surface area contributed by atoms with Crippen LogP contribution in [0.5, 0.6) is 0 Å². The highest BCUT2D eigenvalue weighted by atomic mass is 79.9. The van der Waals surface area contributed by atoms with Crippen LogP contribution in [0.2, 0.25) is 0 Å². The van der Waals surface area contributed by atoms with Crippen LogP contribution >= 0.6 is 15.9 Å². The third-order valence-corrected chi connectivity index (χ3v) is 7.03. The molecule has 4 heterocycles. The summed E-state index contributed by atoms with van der Waals surface area (Å²) in [4.78, 5) is 66.0. The van der Waals surface area contributed by atoms with Gasteiger partial charge in [0.25, 0.3) is 29.5 Å². The number of aryl methyl sites for hydroxylation is 4. The van der Waals surface area contributed by atoms with Gasteiger partial charge in [0.2, 0.25) is 0 Å². The molecular formula is C30H36BrClN12O5. The summed E-state index contributed by atoms with van der Waals surface area (Å²) in [6, 6.07) is 5.65. The molecule has 0 saturated carbocycles. The van der Waals surface area contributed by atoms with Gasteiger partial charge in [-0.3, -0.25) is 40.4 Å². The molecule has 0 aliphatic heterocycles. The predicted octanol–water partition coefficient (Wildman–Crippen LogP) is -3.27. The molecular weight excluding hydrogens is 724 g/mol. The van der Waals surface area contributed by atoms with E-state index in [2.05, 4.69) is 43.8 Å². The Labute approximate surface area is 300 Å². The van der Waals surface area contributed by atoms with Crippen LogP contribution in [-0.2, 0) is 33.0 Å². The van der Waals surface area contributed by atoms with Crippen molar-refractivity contribution >= 4 is 74.2 Å². The molecule has 19 heteroatoms. The maximum atomic E-state index is 13.2. The zero-order valence-corrected chi connectivity index (χ0v) is 28.9. The van der Waals surface area contributed by atoms with Crippen LogP contribution in [0.25, 0.3) is 0 Å². The van der Waals surface area contributed by atoms with Gasteiger partial charge in [-0.05, 0) is 40.2 Å². The summed E-state index contributed by atoms with van der Waals surface area (Å²) >= 11 is 3.00. The number of carbonyl (C=O) groups is 5. The van der Waals surface area contributed by atoms with Crippen molar-refractivity contribution in [3.05, 3.63) is 82.9 Å². The Morgan fingerprint density at radius 1 is 0.694 bits per heavy atom. The van der Waals surface area contributed by atoms with E-state index >= 15 is 0 Å². The minimum absolute atomic E-state index is 0. The van der Waals surface area contributed by atoms with Crippen LogP contribution in [0.3, 0.4) is 0 Å². The highest BCUT2D eigenvalue weighted by Gasteiger charge is 2.20. The van der Waals surface area contributed by atoms with E-state index in [4.69, 9.17) is 17.0 Å². The first-order valence-corrected chi connectivity index (χ1v) is 14.6. The molecule has 10 N–H and O–H groups in total. The Hall–Kier alpha value is -5.75. The lowest BCUT2D eigenvalue weighted by Crippen LogP contribution is -3.00. The monoisotopic (exact) mass is 762 g/mol. The lowest BCUT2D eigenvalue weighted by atomic mass is 10.3. The van der Waals surface area contributed by atoms with Gasteiger partial charge in [0.05, 0.1) is 39.2 Å². The number of hydrogen-bond donors (Lipinski definition) is 8. The number of nitrogens with two attached hydrogens (primary N) is 2. The van der Waals surface area contributed by atoms with Crippen LogP contribution in [0.15, 0.2) is 60.1 Å². The molecule has 17 nitrogen and oxygen atoms in total. The fraction of sp³-hybridized carbons (Fsp3) is 0.200. The number of anilines is 4. The summed E-state index contributed by atoms with van der Waals surface area (Å²) < 4.78 is 37.5. The van der Waals surface area contributed by atoms with Gasteiger partial charge in [0.1, 0.15) is 22.8 Å². The van der Waals surface area contributed by atoms with Crippen LogP contribution in [-0.4, -0.2) is 66.8 Å². The summed E-state index contributed by atoms with van der Waals surface area (Å²) in [5, 5.41) is 12.6. The average molecular weight is 764 g/mol. The van der Waals surface area contributed by atoms with Gasteiger partial charge in [0.15, 0.2) is 0 Å². The number of rotatable bonds is 12. The van der Waals surface area contributed by atoms with Gasteiger partial charge >= 0.3 is 5.96 Å². The predicted molar refractivity (Wildman–Crippen MR) is 184 cm³/mol. The summed E-state index contributed by atoms with van der Waals surface area (Å²) in [5.74, 6) is -3.67. The molecule has 4 aromatic heterocycles. The van der Waals surface area contributed by atoms with Crippen LogP contribution in [0.1, 0.15) is 47.4 Å². The minimum atomic E-state index is -2.95. The van der Waals surface area contributed by atoms with E-state index in [1.54, 1.807) is 33.5 Å². The second kappa shape index (κ2) is 15.9. The molecule has 0 radical (unpaired) electrons. The van der Waals surface area contributed by atoms with Gasteiger partial charge < -0.3 is 57.3 Å². The van der Waals surface area contributed by atoms with E-state index in [0.717, 1.165) is 0 Å². The smallest absolute Gasteiger partial charge is 0.338 e. The van der Waals surface area contributed by atoms with Crippen LogP contribution in [0.4, 0.5) is 22.7 Å². The second-order valence-corrected chi connectivity index (χ2v) is 11.4. The first-order chi connectivity index (χ1) is 24.1. The minimum Gasteiger partial charge on any atom is -1.00 e. The molecule has 5 amide bonds. The van der Waals surface area contributed by atoms with E-state index < -0.39 is 48.5 Å². The Balaban J connectivity index is 0.00000756. The fourth-order valence-corrected chi connectivity index (χ4v) is 4.57. The van der Waals surface area contributed by atoms with Crippen molar-refractivity contribution in [2.24, 2.45) is 39.7 Å². The number of aromatic nitrogens is 4. The van der Waals surface area contributed by atoms with Crippen molar-refractivity contribution in [1.82, 2.24) is 23.6 Å². The molecule has 0 fully saturated rings. The SMILES string of the molecule is [2H]C([2H])(NC(=O)c1cc(NC(=O)c2cc(NC(=O)c3cc(NC(=O)c4cc(NC(=O)C(=C)Br)cn4C)cn3C)cn2C)cn1C)C([2H])([2H])[NH+]=C(N)N.[Cl-]. The number of guanidine groups is 1. The number of hydrogen-bond acceptors (Lipinski definition) is 5. The fourth-order valence-electron chi connectivity index (χ4n) is 4.47. The average Bonchev–Trinajstić information content (AvgIpc) is 3.77. The first-order valence-electron chi connectivity index (χ1n) is 15.8. The summed E-state index contributed by atoms with van der Waals surface area (Å²) in [7, 11) is 6.30. The molecule has 0 unspecified atom stereocenters. The Bertz CT molecular complexity index is 2150. The Kier molecular flexibility index (Phi) is 10.3. The number of halogens is 2. The first kappa shape index (κ1) is 31.8. The summed E-state index contributed by atoms with van der Waals surface area (Å²) in [5.41, 5.74) is 12.1. The van der Waals surface area contributed by atoms with Crippen molar-refractivity contribution < 1.29 is 46.9 Å². The number of amides is 5. The zero-order valence-electron chi connectivity index (χ0n) is 30.6. The van der Waals surface area contributed by atoms with Gasteiger partial charge in [0, 0.05) is 59.5 Å².